The Morgan fingerprint density at radius 3 is 2.50 bits per heavy atom. The molecule has 4 nitrogen and oxygen atoms in total. The highest BCUT2D eigenvalue weighted by molar-refractivity contribution is 5.95. The minimum atomic E-state index is -0.528. The van der Waals surface area contributed by atoms with Gasteiger partial charge in [0.1, 0.15) is 0 Å². The number of rotatable bonds is 4. The Balaban J connectivity index is 2.75. The third kappa shape index (κ3) is 2.78. The predicted molar refractivity (Wildman–Crippen MR) is 86.5 cm³/mol. The Kier molecular flexibility index (Phi) is 4.73. The summed E-state index contributed by atoms with van der Waals surface area (Å²) in [6.07, 6.45) is 1.50. The molecule has 0 spiro atoms. The molecular weight excluding hydrogens is 278 g/mol. The normalized spacial score (nSPS) is 10.4. The van der Waals surface area contributed by atoms with Crippen LogP contribution in [0.5, 0.6) is 0 Å². The number of carbonyl (C=O) groups excluding carboxylic acids is 1. The van der Waals surface area contributed by atoms with E-state index in [0.29, 0.717) is 17.0 Å². The number of hydrogen-bond donors (Lipinski definition) is 1. The van der Waals surface area contributed by atoms with E-state index in [4.69, 9.17) is 4.74 Å². The van der Waals surface area contributed by atoms with E-state index in [9.17, 15) is 9.90 Å². The van der Waals surface area contributed by atoms with E-state index in [2.05, 4.69) is 11.6 Å². The van der Waals surface area contributed by atoms with Crippen LogP contribution in [0.4, 0.5) is 0 Å². The van der Waals surface area contributed by atoms with Crippen molar-refractivity contribution in [3.8, 4) is 11.3 Å². The van der Waals surface area contributed by atoms with Crippen molar-refractivity contribution in [2.24, 2.45) is 0 Å². The van der Waals surface area contributed by atoms with Gasteiger partial charge in [-0.15, -0.1) is 0 Å². The molecule has 0 fully saturated rings. The third-order valence-corrected chi connectivity index (χ3v) is 3.62. The van der Waals surface area contributed by atoms with Crippen molar-refractivity contribution in [1.82, 2.24) is 4.98 Å². The number of methoxy groups -OCH3 is 1. The van der Waals surface area contributed by atoms with Crippen LogP contribution < -0.4 is 0 Å². The number of aryl methyl sites for hydroxylation is 2. The molecule has 1 heterocycles. The predicted octanol–water partition coefficient (Wildman–Crippen LogP) is 3.29. The Morgan fingerprint density at radius 1 is 1.36 bits per heavy atom. The number of hydrogen-bond acceptors (Lipinski definition) is 4. The minimum Gasteiger partial charge on any atom is -0.465 e. The number of aliphatic hydroxyl groups is 1. The Morgan fingerprint density at radius 2 is 2.00 bits per heavy atom. The van der Waals surface area contributed by atoms with Crippen LogP contribution in [0.1, 0.15) is 32.7 Å². The fraction of sp³-hybridized carbons (Fsp3) is 0.222. The fourth-order valence-corrected chi connectivity index (χ4v) is 2.58. The molecule has 0 bridgehead atoms. The number of esters is 1. The van der Waals surface area contributed by atoms with E-state index in [1.165, 1.54) is 13.2 Å². The molecule has 0 amide bonds. The van der Waals surface area contributed by atoms with Gasteiger partial charge in [0, 0.05) is 5.56 Å². The quantitative estimate of drug-likeness (QED) is 0.880. The van der Waals surface area contributed by atoms with Crippen LogP contribution in [0, 0.1) is 13.8 Å². The van der Waals surface area contributed by atoms with Gasteiger partial charge in [-0.1, -0.05) is 24.8 Å². The molecule has 2 aromatic rings. The monoisotopic (exact) mass is 297 g/mol. The van der Waals surface area contributed by atoms with E-state index in [1.807, 2.05) is 32.0 Å². The van der Waals surface area contributed by atoms with Crippen molar-refractivity contribution >= 4 is 12.0 Å². The molecule has 0 unspecified atom stereocenters. The van der Waals surface area contributed by atoms with Crippen molar-refractivity contribution in [3.63, 3.8) is 0 Å². The van der Waals surface area contributed by atoms with E-state index in [-0.39, 0.29) is 12.2 Å². The molecule has 22 heavy (non-hydrogen) atoms. The molecule has 0 aliphatic heterocycles. The number of ether oxygens (including phenoxy) is 1. The highest BCUT2D eigenvalue weighted by Crippen LogP contribution is 2.29. The molecule has 0 saturated heterocycles. The van der Waals surface area contributed by atoms with Crippen LogP contribution in [-0.4, -0.2) is 23.2 Å². The summed E-state index contributed by atoms with van der Waals surface area (Å²) in [4.78, 5) is 16.5. The first kappa shape index (κ1) is 15.9. The van der Waals surface area contributed by atoms with Gasteiger partial charge in [0.15, 0.2) is 0 Å². The van der Waals surface area contributed by atoms with Crippen LogP contribution in [0.2, 0.25) is 0 Å². The van der Waals surface area contributed by atoms with Crippen molar-refractivity contribution in [2.75, 3.05) is 7.11 Å². The zero-order valence-corrected chi connectivity index (χ0v) is 13.0. The van der Waals surface area contributed by atoms with Crippen molar-refractivity contribution in [1.29, 1.82) is 0 Å². The molecule has 1 aromatic heterocycles. The number of aliphatic hydroxyl groups excluding tert-OH is 1. The maximum atomic E-state index is 11.9. The highest BCUT2D eigenvalue weighted by Gasteiger charge is 2.19. The van der Waals surface area contributed by atoms with Gasteiger partial charge in [0.05, 0.1) is 30.7 Å². The molecule has 0 radical (unpaired) electrons. The molecule has 114 valence electrons. The summed E-state index contributed by atoms with van der Waals surface area (Å²) in [5.41, 5.74) is 5.02. The lowest BCUT2D eigenvalue weighted by Crippen LogP contribution is -2.11. The molecular formula is C18H19NO3. The number of aromatic nitrogens is 1. The number of pyridine rings is 1. The maximum Gasteiger partial charge on any atom is 0.340 e. The van der Waals surface area contributed by atoms with Crippen LogP contribution in [0.15, 0.2) is 30.8 Å². The highest BCUT2D eigenvalue weighted by atomic mass is 16.5. The van der Waals surface area contributed by atoms with Gasteiger partial charge in [-0.05, 0) is 42.7 Å². The number of carbonyl (C=O) groups is 1. The van der Waals surface area contributed by atoms with Gasteiger partial charge in [0.2, 0.25) is 0 Å². The van der Waals surface area contributed by atoms with Gasteiger partial charge in [-0.3, -0.25) is 0 Å². The molecule has 1 N–H and O–H groups in total. The van der Waals surface area contributed by atoms with Crippen LogP contribution in [0.3, 0.4) is 0 Å². The first-order valence-corrected chi connectivity index (χ1v) is 6.95. The van der Waals surface area contributed by atoms with Crippen molar-refractivity contribution in [3.05, 3.63) is 58.8 Å². The zero-order valence-electron chi connectivity index (χ0n) is 13.0. The molecule has 0 saturated carbocycles. The van der Waals surface area contributed by atoms with Gasteiger partial charge in [0.25, 0.3) is 0 Å². The Hall–Kier alpha value is -2.46. The largest absolute Gasteiger partial charge is 0.465 e. The van der Waals surface area contributed by atoms with E-state index < -0.39 is 5.97 Å². The lowest BCUT2D eigenvalue weighted by atomic mass is 9.96. The molecule has 1 aromatic carbocycles. The van der Waals surface area contributed by atoms with Gasteiger partial charge in [-0.25, -0.2) is 9.78 Å². The minimum absolute atomic E-state index is 0.259. The van der Waals surface area contributed by atoms with Gasteiger partial charge in [-0.2, -0.15) is 0 Å². The van der Waals surface area contributed by atoms with Gasteiger partial charge < -0.3 is 9.84 Å². The standard InChI is InChI=1S/C18H19NO3/c1-5-14-17(18(21)22-4)13(10-20)9-15(19-14)16-11(2)7-6-8-12(16)3/h5-9,20H,1,10H2,2-4H3. The molecule has 4 heteroatoms. The molecule has 0 aliphatic carbocycles. The van der Waals surface area contributed by atoms with Crippen molar-refractivity contribution in [2.45, 2.75) is 20.5 Å². The number of benzene rings is 1. The first-order chi connectivity index (χ1) is 10.5. The maximum absolute atomic E-state index is 11.9. The lowest BCUT2D eigenvalue weighted by Gasteiger charge is -2.14. The molecule has 0 atom stereocenters. The average molecular weight is 297 g/mol. The second-order valence-electron chi connectivity index (χ2n) is 5.05. The second kappa shape index (κ2) is 6.54. The van der Waals surface area contributed by atoms with E-state index in [0.717, 1.165) is 16.7 Å². The zero-order chi connectivity index (χ0) is 16.3. The summed E-state index contributed by atoms with van der Waals surface area (Å²) < 4.78 is 4.78. The van der Waals surface area contributed by atoms with Crippen LogP contribution in [-0.2, 0) is 11.3 Å². The fourth-order valence-electron chi connectivity index (χ4n) is 2.58. The first-order valence-electron chi connectivity index (χ1n) is 6.95. The molecule has 0 aliphatic rings. The summed E-state index contributed by atoms with van der Waals surface area (Å²) in [5, 5.41) is 9.62. The van der Waals surface area contributed by atoms with E-state index >= 15 is 0 Å². The topological polar surface area (TPSA) is 59.4 Å². The van der Waals surface area contributed by atoms with Crippen LogP contribution in [0.25, 0.3) is 17.3 Å². The molecule has 2 rings (SSSR count). The number of nitrogens with zero attached hydrogens (tertiary/aromatic N) is 1. The van der Waals surface area contributed by atoms with Crippen molar-refractivity contribution < 1.29 is 14.6 Å². The summed E-state index contributed by atoms with van der Waals surface area (Å²) in [5.74, 6) is -0.528. The van der Waals surface area contributed by atoms with Crippen LogP contribution >= 0.6 is 0 Å². The second-order valence-corrected chi connectivity index (χ2v) is 5.05. The smallest absolute Gasteiger partial charge is 0.340 e. The lowest BCUT2D eigenvalue weighted by molar-refractivity contribution is 0.0596. The summed E-state index contributed by atoms with van der Waals surface area (Å²) in [6, 6.07) is 7.72. The average Bonchev–Trinajstić information content (AvgIpc) is 2.52. The third-order valence-electron chi connectivity index (χ3n) is 3.62. The summed E-state index contributed by atoms with van der Waals surface area (Å²) >= 11 is 0. The summed E-state index contributed by atoms with van der Waals surface area (Å²) in [6.45, 7) is 7.45. The Bertz CT molecular complexity index is 715. The Labute approximate surface area is 130 Å². The van der Waals surface area contributed by atoms with E-state index in [1.54, 1.807) is 6.07 Å². The summed E-state index contributed by atoms with van der Waals surface area (Å²) in [7, 11) is 1.30. The van der Waals surface area contributed by atoms with Gasteiger partial charge >= 0.3 is 5.97 Å². The SMILES string of the molecule is C=Cc1nc(-c2c(C)cccc2C)cc(CO)c1C(=O)OC.